The molecule has 3 aromatic rings. The number of benzene rings is 1. The van der Waals surface area contributed by atoms with Crippen LogP contribution in [0.2, 0.25) is 5.02 Å². The monoisotopic (exact) mass is 492 g/mol. The molecule has 2 heterocycles. The molecular weight excluding hydrogens is 472 g/mol. The van der Waals surface area contributed by atoms with Crippen LogP contribution in [-0.4, -0.2) is 52.4 Å². The Morgan fingerprint density at radius 1 is 1.12 bits per heavy atom. The Morgan fingerprint density at radius 2 is 1.76 bits per heavy atom. The SMILES string of the molecule is CNCc1cc(S(=O)(=O)c2ccnc(C)c2)n(-c2ccccc2Cl)n1.O=C(O)C=CC(=O)O. The number of nitrogens with one attached hydrogen (secondary N) is 1. The fourth-order valence-electron chi connectivity index (χ4n) is 2.62. The van der Waals surface area contributed by atoms with Crippen LogP contribution < -0.4 is 5.32 Å². The van der Waals surface area contributed by atoms with Gasteiger partial charge in [-0.15, -0.1) is 0 Å². The zero-order valence-corrected chi connectivity index (χ0v) is 19.2. The minimum absolute atomic E-state index is 0.0662. The predicted octanol–water partition coefficient (Wildman–Crippen LogP) is 2.49. The van der Waals surface area contributed by atoms with E-state index < -0.39 is 21.8 Å². The lowest BCUT2D eigenvalue weighted by Gasteiger charge is -2.10. The van der Waals surface area contributed by atoms with Crippen LogP contribution in [0.3, 0.4) is 0 Å². The molecule has 12 heteroatoms. The molecule has 10 nitrogen and oxygen atoms in total. The van der Waals surface area contributed by atoms with Crippen molar-refractivity contribution >= 4 is 33.4 Å². The number of nitrogens with zero attached hydrogens (tertiary/aromatic N) is 3. The Morgan fingerprint density at radius 3 is 2.30 bits per heavy atom. The quantitative estimate of drug-likeness (QED) is 0.422. The van der Waals surface area contributed by atoms with Crippen molar-refractivity contribution < 1.29 is 28.2 Å². The molecule has 2 aromatic heterocycles. The lowest BCUT2D eigenvalue weighted by atomic mass is 10.3. The zero-order chi connectivity index (χ0) is 24.6. The Labute approximate surface area is 195 Å². The Bertz CT molecular complexity index is 1270. The van der Waals surface area contributed by atoms with Crippen molar-refractivity contribution in [3.8, 4) is 5.69 Å². The number of carbonyl (C=O) groups is 2. The lowest BCUT2D eigenvalue weighted by Crippen LogP contribution is -2.11. The number of aromatic nitrogens is 3. The summed E-state index contributed by atoms with van der Waals surface area (Å²) in [7, 11) is -2.01. The van der Waals surface area contributed by atoms with Gasteiger partial charge in [-0.3, -0.25) is 4.98 Å². The Hall–Kier alpha value is -3.54. The van der Waals surface area contributed by atoms with Gasteiger partial charge in [0.05, 0.1) is 21.3 Å². The third kappa shape index (κ3) is 6.97. The van der Waals surface area contributed by atoms with Gasteiger partial charge < -0.3 is 15.5 Å². The molecule has 3 N–H and O–H groups in total. The van der Waals surface area contributed by atoms with Gasteiger partial charge in [0.2, 0.25) is 9.84 Å². The molecular formula is C21H21ClN4O6S. The first-order valence-electron chi connectivity index (χ1n) is 9.36. The van der Waals surface area contributed by atoms with Gasteiger partial charge in [-0.25, -0.2) is 22.7 Å². The Balaban J connectivity index is 0.000000414. The average Bonchev–Trinajstić information content (AvgIpc) is 3.18. The summed E-state index contributed by atoms with van der Waals surface area (Å²) in [5.41, 5.74) is 1.74. The summed E-state index contributed by atoms with van der Waals surface area (Å²) < 4.78 is 27.7. The third-order valence-electron chi connectivity index (χ3n) is 3.99. The molecule has 174 valence electrons. The number of pyridine rings is 1. The highest BCUT2D eigenvalue weighted by molar-refractivity contribution is 7.91. The van der Waals surface area contributed by atoms with E-state index in [1.165, 1.54) is 23.0 Å². The topological polar surface area (TPSA) is 151 Å². The van der Waals surface area contributed by atoms with Crippen LogP contribution >= 0.6 is 11.6 Å². The summed E-state index contributed by atoms with van der Waals surface area (Å²) in [6, 6.07) is 11.6. The molecule has 0 bridgehead atoms. The van der Waals surface area contributed by atoms with Crippen molar-refractivity contribution in [2.24, 2.45) is 0 Å². The number of aliphatic carboxylic acids is 2. The van der Waals surface area contributed by atoms with E-state index in [1.54, 1.807) is 44.3 Å². The van der Waals surface area contributed by atoms with Crippen molar-refractivity contribution in [1.29, 1.82) is 0 Å². The fraction of sp³-hybridized carbons (Fsp3) is 0.143. The molecule has 0 aliphatic carbocycles. The first kappa shape index (κ1) is 25.7. The minimum atomic E-state index is -3.78. The normalized spacial score (nSPS) is 11.1. The molecule has 0 fully saturated rings. The van der Waals surface area contributed by atoms with Gasteiger partial charge in [0.1, 0.15) is 0 Å². The molecule has 0 atom stereocenters. The van der Waals surface area contributed by atoms with Crippen molar-refractivity contribution in [2.75, 3.05) is 7.05 Å². The van der Waals surface area contributed by atoms with Gasteiger partial charge >= 0.3 is 11.9 Å². The second-order valence-electron chi connectivity index (χ2n) is 6.51. The third-order valence-corrected chi connectivity index (χ3v) is 6.02. The van der Waals surface area contributed by atoms with E-state index in [1.807, 2.05) is 0 Å². The largest absolute Gasteiger partial charge is 0.478 e. The fourth-order valence-corrected chi connectivity index (χ4v) is 4.30. The lowest BCUT2D eigenvalue weighted by molar-refractivity contribution is -0.134. The number of para-hydroxylation sites is 1. The van der Waals surface area contributed by atoms with Gasteiger partial charge in [0.25, 0.3) is 0 Å². The zero-order valence-electron chi connectivity index (χ0n) is 17.6. The smallest absolute Gasteiger partial charge is 0.328 e. The van der Waals surface area contributed by atoms with E-state index in [9.17, 15) is 18.0 Å². The number of halogens is 1. The highest BCUT2D eigenvalue weighted by atomic mass is 35.5. The van der Waals surface area contributed by atoms with E-state index in [2.05, 4.69) is 15.4 Å². The molecule has 0 amide bonds. The molecule has 3 rings (SSSR count). The van der Waals surface area contributed by atoms with Crippen LogP contribution in [0.15, 0.2) is 70.7 Å². The molecule has 33 heavy (non-hydrogen) atoms. The predicted molar refractivity (Wildman–Crippen MR) is 120 cm³/mol. The second kappa shape index (κ2) is 11.4. The van der Waals surface area contributed by atoms with Gasteiger partial charge in [-0.2, -0.15) is 5.10 Å². The number of rotatable bonds is 7. The summed E-state index contributed by atoms with van der Waals surface area (Å²) in [5.74, 6) is -2.51. The maximum absolute atomic E-state index is 13.2. The molecule has 0 aliphatic rings. The molecule has 0 saturated carbocycles. The van der Waals surface area contributed by atoms with E-state index >= 15 is 0 Å². The standard InChI is InChI=1S/C17H17ClN4O2S.C4H4O4/c1-12-9-14(7-8-20-12)25(23,24)17-10-13(11-19-2)21-22(17)16-6-4-3-5-15(16)18;5-3(6)1-2-4(7)8/h3-10,19H,11H2,1-2H3;1-2H,(H,5,6)(H,7,8). The maximum Gasteiger partial charge on any atom is 0.328 e. The van der Waals surface area contributed by atoms with Gasteiger partial charge in [0.15, 0.2) is 5.03 Å². The summed E-state index contributed by atoms with van der Waals surface area (Å²) in [4.78, 5) is 23.3. The number of hydrogen-bond donors (Lipinski definition) is 3. The molecule has 0 saturated heterocycles. The van der Waals surface area contributed by atoms with Crippen LogP contribution in [0.5, 0.6) is 0 Å². The van der Waals surface area contributed by atoms with Crippen molar-refractivity contribution in [3.63, 3.8) is 0 Å². The summed E-state index contributed by atoms with van der Waals surface area (Å²) >= 11 is 6.26. The van der Waals surface area contributed by atoms with Crippen molar-refractivity contribution in [2.45, 2.75) is 23.4 Å². The van der Waals surface area contributed by atoms with E-state index in [-0.39, 0.29) is 9.92 Å². The van der Waals surface area contributed by atoms with Crippen LogP contribution in [0, 0.1) is 6.92 Å². The van der Waals surface area contributed by atoms with E-state index in [0.29, 0.717) is 40.8 Å². The first-order valence-corrected chi connectivity index (χ1v) is 11.2. The molecule has 0 spiro atoms. The van der Waals surface area contributed by atoms with E-state index in [4.69, 9.17) is 21.8 Å². The van der Waals surface area contributed by atoms with Crippen LogP contribution in [0.25, 0.3) is 5.69 Å². The van der Waals surface area contributed by atoms with Crippen molar-refractivity contribution in [1.82, 2.24) is 20.1 Å². The van der Waals surface area contributed by atoms with Crippen molar-refractivity contribution in [3.05, 3.63) is 77.2 Å². The number of sulfone groups is 1. The minimum Gasteiger partial charge on any atom is -0.478 e. The molecule has 0 aliphatic heterocycles. The number of hydrogen-bond acceptors (Lipinski definition) is 7. The highest BCUT2D eigenvalue weighted by Gasteiger charge is 2.26. The van der Waals surface area contributed by atoms with E-state index in [0.717, 1.165) is 0 Å². The number of carboxylic acids is 2. The summed E-state index contributed by atoms with van der Waals surface area (Å²) in [5, 5.41) is 23.5. The number of carboxylic acid groups (broad SMARTS) is 2. The van der Waals surface area contributed by atoms with Gasteiger partial charge in [-0.1, -0.05) is 23.7 Å². The van der Waals surface area contributed by atoms with Crippen LogP contribution in [-0.2, 0) is 26.0 Å². The Kier molecular flexibility index (Phi) is 8.85. The second-order valence-corrected chi connectivity index (χ2v) is 8.82. The number of aryl methyl sites for hydroxylation is 1. The molecule has 0 radical (unpaired) electrons. The average molecular weight is 493 g/mol. The van der Waals surface area contributed by atoms with Gasteiger partial charge in [0, 0.05) is 36.7 Å². The molecule has 1 aromatic carbocycles. The van der Waals surface area contributed by atoms with Crippen LogP contribution in [0.1, 0.15) is 11.4 Å². The van der Waals surface area contributed by atoms with Crippen LogP contribution in [0.4, 0.5) is 0 Å². The summed E-state index contributed by atoms with van der Waals surface area (Å²) in [6.45, 7) is 2.19. The molecule has 0 unspecified atom stereocenters. The maximum atomic E-state index is 13.2. The first-order chi connectivity index (χ1) is 15.6. The highest BCUT2D eigenvalue weighted by Crippen LogP contribution is 2.27. The summed E-state index contributed by atoms with van der Waals surface area (Å²) in [6.07, 6.45) is 2.59. The van der Waals surface area contributed by atoms with Gasteiger partial charge in [-0.05, 0) is 38.2 Å².